The van der Waals surface area contributed by atoms with E-state index in [0.717, 1.165) is 51.0 Å². The Labute approximate surface area is 150 Å². The Morgan fingerprint density at radius 2 is 2.04 bits per heavy atom. The first kappa shape index (κ1) is 16.9. The molecule has 3 aromatic rings. The van der Waals surface area contributed by atoms with E-state index in [1.54, 1.807) is 24.6 Å². The van der Waals surface area contributed by atoms with Crippen LogP contribution in [-0.4, -0.2) is 22.1 Å². The minimum Gasteiger partial charge on any atom is -0.496 e. The Kier molecular flexibility index (Phi) is 5.11. The summed E-state index contributed by atoms with van der Waals surface area (Å²) in [5, 5.41) is 1.34. The maximum atomic E-state index is 5.97. The molecule has 0 atom stereocenters. The van der Waals surface area contributed by atoms with E-state index in [4.69, 9.17) is 21.3 Å². The molecule has 4 nitrogen and oxygen atoms in total. The lowest BCUT2D eigenvalue weighted by atomic mass is 10.1. The third kappa shape index (κ3) is 3.42. The van der Waals surface area contributed by atoms with E-state index < -0.39 is 0 Å². The molecule has 0 aliphatic heterocycles. The second-order valence-corrected chi connectivity index (χ2v) is 6.85. The lowest BCUT2D eigenvalue weighted by molar-refractivity contribution is 0.412. The van der Waals surface area contributed by atoms with E-state index in [-0.39, 0.29) is 5.28 Å². The Morgan fingerprint density at radius 1 is 1.21 bits per heavy atom. The molecule has 0 fully saturated rings. The zero-order valence-corrected chi connectivity index (χ0v) is 15.4. The van der Waals surface area contributed by atoms with Gasteiger partial charge in [0.2, 0.25) is 5.28 Å². The van der Waals surface area contributed by atoms with Gasteiger partial charge in [-0.25, -0.2) is 15.0 Å². The number of hydrogen-bond donors (Lipinski definition) is 0. The molecule has 3 rings (SSSR count). The third-order valence-corrected chi connectivity index (χ3v) is 5.00. The molecule has 0 aliphatic carbocycles. The van der Waals surface area contributed by atoms with Crippen LogP contribution >= 0.6 is 22.9 Å². The van der Waals surface area contributed by atoms with Gasteiger partial charge < -0.3 is 4.74 Å². The van der Waals surface area contributed by atoms with Gasteiger partial charge in [0.1, 0.15) is 5.75 Å². The summed E-state index contributed by atoms with van der Waals surface area (Å²) in [5.74, 6) is 0.851. The van der Waals surface area contributed by atoms with Gasteiger partial charge in [0.25, 0.3) is 0 Å². The number of thiazole rings is 1. The number of hydrogen-bond acceptors (Lipinski definition) is 5. The molecular weight excluding hydrogens is 342 g/mol. The predicted octanol–water partition coefficient (Wildman–Crippen LogP) is 5.19. The number of benzene rings is 1. The summed E-state index contributed by atoms with van der Waals surface area (Å²) in [6.07, 6.45) is 3.66. The summed E-state index contributed by atoms with van der Waals surface area (Å²) in [6, 6.07) is 8.00. The van der Waals surface area contributed by atoms with Crippen molar-refractivity contribution in [2.45, 2.75) is 26.7 Å². The SMILES string of the molecule is CCCc1nc(-c2ccc(C)c(OC)c2)c(-c2ccnc(Cl)n2)s1. The molecule has 124 valence electrons. The molecule has 0 aliphatic rings. The van der Waals surface area contributed by atoms with E-state index in [0.29, 0.717) is 0 Å². The lowest BCUT2D eigenvalue weighted by Gasteiger charge is -2.07. The van der Waals surface area contributed by atoms with Gasteiger partial charge in [-0.15, -0.1) is 11.3 Å². The number of halogens is 1. The Hall–Kier alpha value is -1.98. The van der Waals surface area contributed by atoms with Crippen LogP contribution in [0.5, 0.6) is 5.75 Å². The van der Waals surface area contributed by atoms with Gasteiger partial charge in [0, 0.05) is 11.8 Å². The Bertz CT molecular complexity index is 863. The fraction of sp³-hybridized carbons (Fsp3) is 0.278. The first-order valence-electron chi connectivity index (χ1n) is 7.76. The van der Waals surface area contributed by atoms with Crippen molar-refractivity contribution in [1.82, 2.24) is 15.0 Å². The van der Waals surface area contributed by atoms with Crippen molar-refractivity contribution in [3.8, 4) is 27.6 Å². The highest BCUT2D eigenvalue weighted by Crippen LogP contribution is 2.38. The topological polar surface area (TPSA) is 47.9 Å². The molecule has 0 radical (unpaired) electrons. The van der Waals surface area contributed by atoms with Crippen LogP contribution in [0.2, 0.25) is 5.28 Å². The highest BCUT2D eigenvalue weighted by atomic mass is 35.5. The monoisotopic (exact) mass is 359 g/mol. The lowest BCUT2D eigenvalue weighted by Crippen LogP contribution is -1.91. The van der Waals surface area contributed by atoms with Gasteiger partial charge in [0.15, 0.2) is 0 Å². The predicted molar refractivity (Wildman–Crippen MR) is 98.9 cm³/mol. The van der Waals surface area contributed by atoms with Crippen molar-refractivity contribution in [3.63, 3.8) is 0 Å². The van der Waals surface area contributed by atoms with Crippen molar-refractivity contribution in [3.05, 3.63) is 46.3 Å². The minimum atomic E-state index is 0.241. The van der Waals surface area contributed by atoms with Gasteiger partial charge >= 0.3 is 0 Å². The normalized spacial score (nSPS) is 10.8. The van der Waals surface area contributed by atoms with Crippen LogP contribution in [0, 0.1) is 6.92 Å². The molecule has 0 unspecified atom stereocenters. The van der Waals surface area contributed by atoms with E-state index in [2.05, 4.69) is 23.0 Å². The van der Waals surface area contributed by atoms with E-state index in [9.17, 15) is 0 Å². The molecule has 1 aromatic carbocycles. The molecule has 0 spiro atoms. The number of aryl methyl sites for hydroxylation is 2. The van der Waals surface area contributed by atoms with Gasteiger partial charge in [-0.05, 0) is 49.1 Å². The van der Waals surface area contributed by atoms with Crippen LogP contribution in [0.3, 0.4) is 0 Å². The van der Waals surface area contributed by atoms with Gasteiger partial charge in [-0.2, -0.15) is 0 Å². The Morgan fingerprint density at radius 3 is 2.75 bits per heavy atom. The number of rotatable bonds is 5. The zero-order chi connectivity index (χ0) is 17.1. The fourth-order valence-corrected chi connectivity index (χ4v) is 3.79. The van der Waals surface area contributed by atoms with Crippen molar-refractivity contribution in [2.75, 3.05) is 7.11 Å². The smallest absolute Gasteiger partial charge is 0.222 e. The Balaban J connectivity index is 2.16. The second-order valence-electron chi connectivity index (χ2n) is 5.43. The third-order valence-electron chi connectivity index (χ3n) is 3.68. The average Bonchev–Trinajstić information content (AvgIpc) is 3.00. The summed E-state index contributed by atoms with van der Waals surface area (Å²) in [6.45, 7) is 4.18. The number of nitrogens with zero attached hydrogens (tertiary/aromatic N) is 3. The number of ether oxygens (including phenoxy) is 1. The summed E-state index contributed by atoms with van der Waals surface area (Å²) in [5.41, 5.74) is 3.82. The molecule has 0 saturated carbocycles. The summed E-state index contributed by atoms with van der Waals surface area (Å²) in [7, 11) is 1.68. The summed E-state index contributed by atoms with van der Waals surface area (Å²) >= 11 is 7.63. The molecule has 24 heavy (non-hydrogen) atoms. The molecule has 0 saturated heterocycles. The van der Waals surface area contributed by atoms with E-state index >= 15 is 0 Å². The first-order valence-corrected chi connectivity index (χ1v) is 8.95. The van der Waals surface area contributed by atoms with Crippen LogP contribution in [0.4, 0.5) is 0 Å². The van der Waals surface area contributed by atoms with Crippen LogP contribution < -0.4 is 4.74 Å². The fourth-order valence-electron chi connectivity index (χ4n) is 2.48. The molecule has 0 amide bonds. The van der Waals surface area contributed by atoms with Crippen LogP contribution in [0.1, 0.15) is 23.9 Å². The molecule has 2 aromatic heterocycles. The van der Waals surface area contributed by atoms with Crippen LogP contribution in [-0.2, 0) is 6.42 Å². The minimum absolute atomic E-state index is 0.241. The molecule has 6 heteroatoms. The first-order chi connectivity index (χ1) is 11.6. The summed E-state index contributed by atoms with van der Waals surface area (Å²) < 4.78 is 5.46. The number of aromatic nitrogens is 3. The van der Waals surface area contributed by atoms with Gasteiger partial charge in [0.05, 0.1) is 28.4 Å². The molecular formula is C18H18ClN3OS. The standard InChI is InChI=1S/C18H18ClN3OS/c1-4-5-15-22-16(12-7-6-11(2)14(10-12)23-3)17(24-15)13-8-9-20-18(19)21-13/h6-10H,4-5H2,1-3H3. The van der Waals surface area contributed by atoms with Gasteiger partial charge in [-0.3, -0.25) is 0 Å². The van der Waals surface area contributed by atoms with Crippen molar-refractivity contribution >= 4 is 22.9 Å². The molecule has 0 bridgehead atoms. The molecule has 2 heterocycles. The maximum absolute atomic E-state index is 5.97. The summed E-state index contributed by atoms with van der Waals surface area (Å²) in [4.78, 5) is 14.2. The van der Waals surface area contributed by atoms with E-state index in [1.165, 1.54) is 0 Å². The van der Waals surface area contributed by atoms with Gasteiger partial charge in [-0.1, -0.05) is 19.1 Å². The zero-order valence-electron chi connectivity index (χ0n) is 13.8. The van der Waals surface area contributed by atoms with Crippen molar-refractivity contribution in [1.29, 1.82) is 0 Å². The second kappa shape index (κ2) is 7.28. The van der Waals surface area contributed by atoms with Crippen molar-refractivity contribution in [2.24, 2.45) is 0 Å². The number of methoxy groups -OCH3 is 1. The highest BCUT2D eigenvalue weighted by molar-refractivity contribution is 7.15. The van der Waals surface area contributed by atoms with Crippen molar-refractivity contribution < 1.29 is 4.74 Å². The average molecular weight is 360 g/mol. The quantitative estimate of drug-likeness (QED) is 0.588. The van der Waals surface area contributed by atoms with Crippen LogP contribution in [0.15, 0.2) is 30.5 Å². The van der Waals surface area contributed by atoms with E-state index in [1.807, 2.05) is 25.1 Å². The molecule has 0 N–H and O–H groups in total. The maximum Gasteiger partial charge on any atom is 0.222 e. The van der Waals surface area contributed by atoms with Crippen LogP contribution in [0.25, 0.3) is 21.8 Å². The largest absolute Gasteiger partial charge is 0.496 e. The highest BCUT2D eigenvalue weighted by Gasteiger charge is 2.17.